The van der Waals surface area contributed by atoms with E-state index < -0.39 is 0 Å². The van der Waals surface area contributed by atoms with E-state index in [4.69, 9.17) is 0 Å². The Morgan fingerprint density at radius 3 is 2.72 bits per heavy atom. The molecule has 2 nitrogen and oxygen atoms in total. The Hall–Kier alpha value is -0.630. The number of nitrogens with zero attached hydrogens (tertiary/aromatic N) is 1. The fourth-order valence-electron chi connectivity index (χ4n) is 2.94. The standard InChI is InChI=1S/C16H29N2/c1-2-4-6-11-16(10-5-3-1)18-14-8-7-12-17-13-9-15-18/h10,15,17H,1-9,11-14H2/q+1/b16-10+,18-15-. The summed E-state index contributed by atoms with van der Waals surface area (Å²) in [6.07, 6.45) is 18.4. The van der Waals surface area contributed by atoms with Crippen LogP contribution in [0.5, 0.6) is 0 Å². The lowest BCUT2D eigenvalue weighted by molar-refractivity contribution is -0.477. The molecule has 1 aliphatic heterocycles. The lowest BCUT2D eigenvalue weighted by atomic mass is 10.1. The fraction of sp³-hybridized carbons (Fsp3) is 0.812. The number of rotatable bonds is 1. The second kappa shape index (κ2) is 8.47. The first-order valence-electron chi connectivity index (χ1n) is 7.96. The van der Waals surface area contributed by atoms with Gasteiger partial charge in [0.25, 0.3) is 0 Å². The minimum atomic E-state index is 1.14. The number of allylic oxidation sites excluding steroid dienone is 2. The van der Waals surface area contributed by atoms with E-state index in [-0.39, 0.29) is 0 Å². The van der Waals surface area contributed by atoms with Crippen molar-refractivity contribution in [2.45, 2.75) is 64.2 Å². The topological polar surface area (TPSA) is 15.0 Å². The molecule has 0 aromatic carbocycles. The van der Waals surface area contributed by atoms with E-state index in [9.17, 15) is 0 Å². The van der Waals surface area contributed by atoms with Gasteiger partial charge in [0.1, 0.15) is 12.8 Å². The summed E-state index contributed by atoms with van der Waals surface area (Å²) in [5.41, 5.74) is 1.61. The first-order chi connectivity index (χ1) is 8.97. The van der Waals surface area contributed by atoms with Crippen LogP contribution in [0.25, 0.3) is 0 Å². The molecular weight excluding hydrogens is 220 g/mol. The first kappa shape index (κ1) is 13.8. The molecule has 0 saturated carbocycles. The molecule has 1 aliphatic carbocycles. The Morgan fingerprint density at radius 1 is 0.833 bits per heavy atom. The van der Waals surface area contributed by atoms with Crippen molar-refractivity contribution in [1.82, 2.24) is 5.32 Å². The molecule has 18 heavy (non-hydrogen) atoms. The second-order valence-corrected chi connectivity index (χ2v) is 5.62. The Balaban J connectivity index is 1.99. The molecule has 0 bridgehead atoms. The largest absolute Gasteiger partial charge is 0.316 e. The molecule has 0 atom stereocenters. The van der Waals surface area contributed by atoms with Crippen molar-refractivity contribution < 1.29 is 4.58 Å². The van der Waals surface area contributed by atoms with Gasteiger partial charge >= 0.3 is 0 Å². The third kappa shape index (κ3) is 4.93. The van der Waals surface area contributed by atoms with E-state index in [0.29, 0.717) is 0 Å². The molecule has 0 amide bonds. The molecule has 2 heteroatoms. The van der Waals surface area contributed by atoms with Crippen LogP contribution in [0.1, 0.15) is 64.2 Å². The summed E-state index contributed by atoms with van der Waals surface area (Å²) in [5, 5.41) is 3.51. The molecule has 0 unspecified atom stereocenters. The van der Waals surface area contributed by atoms with Crippen LogP contribution in [0.2, 0.25) is 0 Å². The molecule has 102 valence electrons. The molecule has 0 aromatic heterocycles. The molecule has 0 saturated heterocycles. The normalized spacial score (nSPS) is 30.2. The van der Waals surface area contributed by atoms with E-state index in [1.54, 1.807) is 5.70 Å². The van der Waals surface area contributed by atoms with Gasteiger partial charge in [-0.05, 0) is 38.3 Å². The van der Waals surface area contributed by atoms with Crippen LogP contribution in [-0.4, -0.2) is 30.4 Å². The molecule has 1 heterocycles. The summed E-state index contributed by atoms with van der Waals surface area (Å²) in [4.78, 5) is 0. The summed E-state index contributed by atoms with van der Waals surface area (Å²) >= 11 is 0. The summed E-state index contributed by atoms with van der Waals surface area (Å²) in [7, 11) is 0. The maximum absolute atomic E-state index is 3.51. The van der Waals surface area contributed by atoms with Gasteiger partial charge in [0, 0.05) is 25.8 Å². The van der Waals surface area contributed by atoms with Crippen molar-refractivity contribution in [2.24, 2.45) is 0 Å². The molecular formula is C16H29N2+. The van der Waals surface area contributed by atoms with Gasteiger partial charge in [-0.1, -0.05) is 19.3 Å². The van der Waals surface area contributed by atoms with Crippen LogP contribution in [-0.2, 0) is 0 Å². The molecule has 0 radical (unpaired) electrons. The Bertz CT molecular complexity index is 261. The molecule has 0 spiro atoms. The predicted molar refractivity (Wildman–Crippen MR) is 78.3 cm³/mol. The summed E-state index contributed by atoms with van der Waals surface area (Å²) in [6.45, 7) is 3.57. The quantitative estimate of drug-likeness (QED) is 0.703. The fourth-order valence-corrected chi connectivity index (χ4v) is 2.94. The Kier molecular flexibility index (Phi) is 6.49. The molecule has 0 fully saturated rings. The zero-order valence-electron chi connectivity index (χ0n) is 11.8. The van der Waals surface area contributed by atoms with Gasteiger partial charge in [-0.2, -0.15) is 0 Å². The van der Waals surface area contributed by atoms with Crippen LogP contribution in [0.3, 0.4) is 0 Å². The highest BCUT2D eigenvalue weighted by atomic mass is 15.0. The molecule has 2 aliphatic rings. The average molecular weight is 249 g/mol. The van der Waals surface area contributed by atoms with Gasteiger partial charge in [-0.15, -0.1) is 0 Å². The van der Waals surface area contributed by atoms with Crippen molar-refractivity contribution in [3.05, 3.63) is 11.8 Å². The van der Waals surface area contributed by atoms with Gasteiger partial charge < -0.3 is 5.32 Å². The number of nitrogens with one attached hydrogen (secondary N) is 1. The van der Waals surface area contributed by atoms with Gasteiger partial charge in [0.15, 0.2) is 5.70 Å². The van der Waals surface area contributed by atoms with E-state index in [1.807, 2.05) is 0 Å². The first-order valence-corrected chi connectivity index (χ1v) is 7.96. The monoisotopic (exact) mass is 249 g/mol. The van der Waals surface area contributed by atoms with Gasteiger partial charge in [-0.25, -0.2) is 4.58 Å². The van der Waals surface area contributed by atoms with Crippen LogP contribution < -0.4 is 5.32 Å². The minimum Gasteiger partial charge on any atom is -0.316 e. The van der Waals surface area contributed by atoms with E-state index >= 15 is 0 Å². The van der Waals surface area contributed by atoms with Gasteiger partial charge in [-0.3, -0.25) is 0 Å². The van der Waals surface area contributed by atoms with Crippen molar-refractivity contribution in [3.8, 4) is 0 Å². The lowest BCUT2D eigenvalue weighted by Gasteiger charge is -2.06. The highest BCUT2D eigenvalue weighted by molar-refractivity contribution is 5.52. The van der Waals surface area contributed by atoms with Crippen molar-refractivity contribution >= 4 is 6.21 Å². The second-order valence-electron chi connectivity index (χ2n) is 5.62. The highest BCUT2D eigenvalue weighted by Gasteiger charge is 2.14. The summed E-state index contributed by atoms with van der Waals surface area (Å²) in [5.74, 6) is 0. The predicted octanol–water partition coefficient (Wildman–Crippen LogP) is 3.47. The highest BCUT2D eigenvalue weighted by Crippen LogP contribution is 2.18. The van der Waals surface area contributed by atoms with Crippen LogP contribution in [0.4, 0.5) is 0 Å². The lowest BCUT2D eigenvalue weighted by Crippen LogP contribution is -2.16. The average Bonchev–Trinajstić information content (AvgIpc) is 2.61. The van der Waals surface area contributed by atoms with E-state index in [0.717, 1.165) is 6.54 Å². The minimum absolute atomic E-state index is 1.14. The number of hydrogen-bond donors (Lipinski definition) is 1. The maximum Gasteiger partial charge on any atom is 0.176 e. The molecule has 2 rings (SSSR count). The van der Waals surface area contributed by atoms with E-state index in [1.165, 1.54) is 77.3 Å². The SMILES string of the molecule is C1=[N+](\C2=C\CCCCCCC2)CCCCNCC/1. The third-order valence-corrected chi connectivity index (χ3v) is 4.06. The van der Waals surface area contributed by atoms with Crippen LogP contribution in [0.15, 0.2) is 11.8 Å². The molecule has 0 aromatic rings. The van der Waals surface area contributed by atoms with Gasteiger partial charge in [0.2, 0.25) is 0 Å². The zero-order valence-corrected chi connectivity index (χ0v) is 11.8. The van der Waals surface area contributed by atoms with Gasteiger partial charge in [0.05, 0.1) is 0 Å². The van der Waals surface area contributed by atoms with Crippen molar-refractivity contribution in [3.63, 3.8) is 0 Å². The van der Waals surface area contributed by atoms with Crippen molar-refractivity contribution in [1.29, 1.82) is 0 Å². The van der Waals surface area contributed by atoms with Crippen LogP contribution in [0, 0.1) is 0 Å². The summed E-state index contributed by atoms with van der Waals surface area (Å²) < 4.78 is 2.57. The third-order valence-electron chi connectivity index (χ3n) is 4.06. The smallest absolute Gasteiger partial charge is 0.176 e. The van der Waals surface area contributed by atoms with Crippen molar-refractivity contribution in [2.75, 3.05) is 19.6 Å². The molecule has 1 N–H and O–H groups in total. The maximum atomic E-state index is 3.51. The number of hydrogen-bond acceptors (Lipinski definition) is 1. The van der Waals surface area contributed by atoms with Crippen LogP contribution >= 0.6 is 0 Å². The Labute approximate surface area is 112 Å². The summed E-state index contributed by atoms with van der Waals surface area (Å²) in [6, 6.07) is 0. The zero-order chi connectivity index (χ0) is 12.5. The Morgan fingerprint density at radius 2 is 1.72 bits per heavy atom. The van der Waals surface area contributed by atoms with E-state index in [2.05, 4.69) is 22.2 Å².